The molecule has 3 N–H and O–H groups in total. The zero-order chi connectivity index (χ0) is 14.5. The first kappa shape index (κ1) is 14.4. The van der Waals surface area contributed by atoms with Gasteiger partial charge in [0.15, 0.2) is 0 Å². The van der Waals surface area contributed by atoms with E-state index in [1.54, 1.807) is 9.48 Å². The van der Waals surface area contributed by atoms with Crippen LogP contribution in [0.2, 0.25) is 0 Å². The molecule has 0 radical (unpaired) electrons. The predicted octanol–water partition coefficient (Wildman–Crippen LogP) is -0.510. The fourth-order valence-electron chi connectivity index (χ4n) is 2.52. The van der Waals surface area contributed by atoms with Crippen molar-refractivity contribution in [1.29, 1.82) is 0 Å². The van der Waals surface area contributed by atoms with Crippen molar-refractivity contribution in [3.8, 4) is 0 Å². The van der Waals surface area contributed by atoms with E-state index in [0.717, 1.165) is 25.7 Å². The maximum atomic E-state index is 11.9. The molecule has 112 valence electrons. The van der Waals surface area contributed by atoms with Gasteiger partial charge in [0.2, 0.25) is 5.03 Å². The number of nitro groups is 1. The number of hydrogen-bond acceptors (Lipinski definition) is 4. The van der Waals surface area contributed by atoms with Gasteiger partial charge < -0.3 is 9.64 Å². The molecule has 0 unspecified atom stereocenters. The lowest BCUT2D eigenvalue weighted by Gasteiger charge is -2.28. The van der Waals surface area contributed by atoms with Gasteiger partial charge >= 0.3 is 12.1 Å². The minimum absolute atomic E-state index is 0.00110. The van der Waals surface area contributed by atoms with E-state index in [1.807, 2.05) is 5.43 Å². The highest BCUT2D eigenvalue weighted by Gasteiger charge is 2.27. The number of carbonyl (C=O) groups is 1. The third-order valence-electron chi connectivity index (χ3n) is 3.65. The van der Waals surface area contributed by atoms with E-state index >= 15 is 0 Å². The second-order valence-electron chi connectivity index (χ2n) is 5.02. The molecule has 0 aromatic carbocycles. The molecule has 0 bridgehead atoms. The molecular formula is C11H20N5O4+. The van der Waals surface area contributed by atoms with Crippen LogP contribution in [-0.2, 0) is 4.74 Å². The number of hydrazine groups is 1. The Bertz CT molecular complexity index is 409. The van der Waals surface area contributed by atoms with Gasteiger partial charge in [0, 0.05) is 5.43 Å². The second-order valence-corrected chi connectivity index (χ2v) is 5.02. The molecular weight excluding hydrogens is 266 g/mol. The van der Waals surface area contributed by atoms with E-state index in [0.29, 0.717) is 26.2 Å². The number of amides is 1. The number of nitrogens with zero attached hydrogens (tertiary/aromatic N) is 3. The largest absolute Gasteiger partial charge is 0.446 e. The van der Waals surface area contributed by atoms with Gasteiger partial charge in [-0.05, 0) is 25.7 Å². The Morgan fingerprint density at radius 2 is 1.95 bits per heavy atom. The van der Waals surface area contributed by atoms with Crippen molar-refractivity contribution in [1.82, 2.24) is 10.3 Å². The number of nitrogens with two attached hydrogens (primary N) is 1. The van der Waals surface area contributed by atoms with Crippen molar-refractivity contribution in [3.05, 3.63) is 10.1 Å². The van der Waals surface area contributed by atoms with Crippen molar-refractivity contribution >= 4 is 12.1 Å². The predicted molar refractivity (Wildman–Crippen MR) is 69.6 cm³/mol. The Morgan fingerprint density at radius 3 is 2.50 bits per heavy atom. The summed E-state index contributed by atoms with van der Waals surface area (Å²) in [6, 6.07) is 0. The molecule has 0 spiro atoms. The molecule has 0 atom stereocenters. The summed E-state index contributed by atoms with van der Waals surface area (Å²) in [6.07, 6.45) is 3.87. The number of nitrogens with one attached hydrogen (secondary N) is 1. The zero-order valence-electron chi connectivity index (χ0n) is 11.3. The Labute approximate surface area is 116 Å². The smallest absolute Gasteiger partial charge is 0.410 e. The second kappa shape index (κ2) is 6.40. The van der Waals surface area contributed by atoms with Gasteiger partial charge in [0.25, 0.3) is 0 Å². The average Bonchev–Trinajstić information content (AvgIpc) is 2.91. The maximum Gasteiger partial charge on any atom is 0.410 e. The molecule has 9 nitrogen and oxygen atoms in total. The van der Waals surface area contributed by atoms with E-state index in [4.69, 9.17) is 10.5 Å². The fourth-order valence-corrected chi connectivity index (χ4v) is 2.52. The minimum atomic E-state index is -0.698. The van der Waals surface area contributed by atoms with Crippen LogP contribution in [0, 0.1) is 10.1 Å². The standard InChI is InChI=1S/C11H19N5O4/c12-10(13-16(18)19)14-5-7-15(8-6-14)11(17)20-9-3-1-2-4-9/h9H,1-8H2,(H2,12,13)/p+1. The Kier molecular flexibility index (Phi) is 4.59. The molecule has 1 saturated carbocycles. The number of carbonyl (C=O) groups excluding carboxylic acids is 1. The van der Waals surface area contributed by atoms with Gasteiger partial charge in [-0.2, -0.15) is 0 Å². The van der Waals surface area contributed by atoms with Gasteiger partial charge in [0.1, 0.15) is 6.10 Å². The Morgan fingerprint density at radius 1 is 1.35 bits per heavy atom. The van der Waals surface area contributed by atoms with Gasteiger partial charge in [0.05, 0.1) is 26.2 Å². The van der Waals surface area contributed by atoms with Gasteiger partial charge in [-0.15, -0.1) is 0 Å². The van der Waals surface area contributed by atoms with Crippen LogP contribution < -0.4 is 11.2 Å². The van der Waals surface area contributed by atoms with Crippen molar-refractivity contribution < 1.29 is 19.1 Å². The first-order valence-electron chi connectivity index (χ1n) is 6.80. The van der Waals surface area contributed by atoms with Crippen LogP contribution in [0.5, 0.6) is 0 Å². The first-order chi connectivity index (χ1) is 9.56. The maximum absolute atomic E-state index is 11.9. The number of rotatable bonds is 2. The zero-order valence-corrected chi connectivity index (χ0v) is 11.3. The number of piperazine rings is 1. The lowest BCUT2D eigenvalue weighted by atomic mass is 10.3. The molecule has 1 aliphatic carbocycles. The normalized spacial score (nSPS) is 19.8. The van der Waals surface area contributed by atoms with E-state index in [1.165, 1.54) is 0 Å². The van der Waals surface area contributed by atoms with Crippen LogP contribution >= 0.6 is 0 Å². The topological polar surface area (TPSA) is 114 Å². The molecule has 0 aromatic rings. The summed E-state index contributed by atoms with van der Waals surface area (Å²) in [5, 5.41) is 9.60. The molecule has 0 aromatic heterocycles. The molecule has 1 aliphatic heterocycles. The summed E-state index contributed by atoms with van der Waals surface area (Å²) >= 11 is 0. The highest BCUT2D eigenvalue weighted by atomic mass is 16.7. The van der Waals surface area contributed by atoms with Crippen molar-refractivity contribution in [3.63, 3.8) is 0 Å². The Balaban J connectivity index is 1.81. The summed E-state index contributed by atoms with van der Waals surface area (Å²) in [6.45, 7) is 1.80. The molecule has 2 rings (SSSR count). The van der Waals surface area contributed by atoms with Gasteiger partial charge in [-0.25, -0.2) is 14.9 Å². The number of ether oxygens (including phenoxy) is 1. The van der Waals surface area contributed by atoms with Crippen molar-refractivity contribution in [2.24, 2.45) is 5.73 Å². The lowest BCUT2D eigenvalue weighted by Crippen LogP contribution is -2.52. The molecule has 2 aliphatic rings. The molecule has 9 heteroatoms. The van der Waals surface area contributed by atoms with E-state index in [9.17, 15) is 14.9 Å². The van der Waals surface area contributed by atoms with E-state index in [-0.39, 0.29) is 18.2 Å². The summed E-state index contributed by atoms with van der Waals surface area (Å²) in [5.41, 5.74) is 7.48. The molecule has 2 fully saturated rings. The monoisotopic (exact) mass is 286 g/mol. The lowest BCUT2D eigenvalue weighted by molar-refractivity contribution is -0.573. The molecule has 1 heterocycles. The van der Waals surface area contributed by atoms with Crippen LogP contribution in [0.25, 0.3) is 0 Å². The van der Waals surface area contributed by atoms with Gasteiger partial charge in [-0.1, -0.05) is 0 Å². The Hall–Kier alpha value is -2.06. The highest BCUT2D eigenvalue weighted by molar-refractivity contribution is 5.71. The average molecular weight is 286 g/mol. The quantitative estimate of drug-likeness (QED) is 0.306. The van der Waals surface area contributed by atoms with Crippen LogP contribution in [0.4, 0.5) is 4.79 Å². The van der Waals surface area contributed by atoms with E-state index < -0.39 is 5.03 Å². The van der Waals surface area contributed by atoms with E-state index in [2.05, 4.69) is 0 Å². The number of hydrogen-bond donors (Lipinski definition) is 2. The molecule has 1 amide bonds. The number of guanidine groups is 1. The third kappa shape index (κ3) is 3.72. The minimum Gasteiger partial charge on any atom is -0.446 e. The van der Waals surface area contributed by atoms with Gasteiger partial charge in [-0.3, -0.25) is 10.3 Å². The van der Waals surface area contributed by atoms with Crippen LogP contribution in [-0.4, -0.2) is 58.8 Å². The van der Waals surface area contributed by atoms with Crippen LogP contribution in [0.3, 0.4) is 0 Å². The van der Waals surface area contributed by atoms with Crippen molar-refractivity contribution in [2.75, 3.05) is 26.2 Å². The summed E-state index contributed by atoms with van der Waals surface area (Å²) in [4.78, 5) is 23.9. The van der Waals surface area contributed by atoms with Crippen LogP contribution in [0.15, 0.2) is 0 Å². The molecule has 1 saturated heterocycles. The molecule has 20 heavy (non-hydrogen) atoms. The van der Waals surface area contributed by atoms with Crippen molar-refractivity contribution in [2.45, 2.75) is 31.8 Å². The first-order valence-corrected chi connectivity index (χ1v) is 6.80. The summed E-state index contributed by atoms with van der Waals surface area (Å²) < 4.78 is 7.06. The fraction of sp³-hybridized carbons (Fsp3) is 0.818. The summed E-state index contributed by atoms with van der Waals surface area (Å²) in [5.74, 6) is -0.00110. The third-order valence-corrected chi connectivity index (χ3v) is 3.65. The highest BCUT2D eigenvalue weighted by Crippen LogP contribution is 2.21. The SMILES string of the molecule is NC(N[N+](=O)[O-])=[N+]1CCN(C(=O)OC2CCCC2)CC1. The van der Waals surface area contributed by atoms with Crippen LogP contribution in [0.1, 0.15) is 25.7 Å². The summed E-state index contributed by atoms with van der Waals surface area (Å²) in [7, 11) is 0.